The average molecular weight is 252 g/mol. The number of hydrogen-bond donors (Lipinski definition) is 1. The minimum absolute atomic E-state index is 0.0694. The van der Waals surface area contributed by atoms with Gasteiger partial charge in [-0.3, -0.25) is 14.5 Å². The van der Waals surface area contributed by atoms with Gasteiger partial charge in [0.05, 0.1) is 6.54 Å². The molecule has 1 rings (SSSR count). The summed E-state index contributed by atoms with van der Waals surface area (Å²) < 4.78 is 12.9. The minimum atomic E-state index is -0.422. The van der Waals surface area contributed by atoms with Crippen molar-refractivity contribution in [1.82, 2.24) is 10.2 Å². The first kappa shape index (κ1) is 14.3. The van der Waals surface area contributed by atoms with Crippen LogP contribution in [0.3, 0.4) is 0 Å². The van der Waals surface area contributed by atoms with Gasteiger partial charge in [-0.2, -0.15) is 0 Å². The summed E-state index contributed by atoms with van der Waals surface area (Å²) in [4.78, 5) is 24.6. The Morgan fingerprint density at radius 3 is 2.72 bits per heavy atom. The molecule has 0 saturated heterocycles. The highest BCUT2D eigenvalue weighted by Crippen LogP contribution is 2.05. The fraction of sp³-hybridized carbons (Fsp3) is 0.385. The molecule has 0 fully saturated rings. The second-order valence-corrected chi connectivity index (χ2v) is 4.09. The summed E-state index contributed by atoms with van der Waals surface area (Å²) in [6.45, 7) is 0.654. The molecule has 0 aliphatic rings. The molecule has 0 aliphatic carbocycles. The van der Waals surface area contributed by atoms with Gasteiger partial charge in [0.1, 0.15) is 5.82 Å². The lowest BCUT2D eigenvalue weighted by atomic mass is 10.1. The van der Waals surface area contributed by atoms with E-state index in [-0.39, 0.29) is 18.2 Å². The van der Waals surface area contributed by atoms with E-state index >= 15 is 0 Å². The fourth-order valence-corrected chi connectivity index (χ4v) is 1.49. The standard InChI is InChI=1S/C13H17FN2O2/c1-15-13(18)6-7-16(2)9-12(17)10-4-3-5-11(14)8-10/h3-5,8H,6-7,9H2,1-2H3,(H,15,18). The number of amides is 1. The summed E-state index contributed by atoms with van der Waals surface area (Å²) in [7, 11) is 3.32. The van der Waals surface area contributed by atoms with E-state index in [1.165, 1.54) is 18.2 Å². The zero-order valence-electron chi connectivity index (χ0n) is 10.6. The van der Waals surface area contributed by atoms with Crippen molar-refractivity contribution in [2.24, 2.45) is 0 Å². The van der Waals surface area contributed by atoms with Crippen molar-refractivity contribution >= 4 is 11.7 Å². The van der Waals surface area contributed by atoms with Crippen molar-refractivity contribution in [3.05, 3.63) is 35.6 Å². The average Bonchev–Trinajstić information content (AvgIpc) is 2.35. The molecule has 0 bridgehead atoms. The molecule has 0 saturated carbocycles. The molecular weight excluding hydrogens is 235 g/mol. The molecule has 0 aliphatic heterocycles. The van der Waals surface area contributed by atoms with Gasteiger partial charge in [-0.1, -0.05) is 12.1 Å². The number of likely N-dealkylation sites (N-methyl/N-ethyl adjacent to an activating group) is 1. The van der Waals surface area contributed by atoms with Gasteiger partial charge in [-0.15, -0.1) is 0 Å². The van der Waals surface area contributed by atoms with Crippen LogP contribution in [-0.2, 0) is 4.79 Å². The van der Waals surface area contributed by atoms with Gasteiger partial charge < -0.3 is 5.32 Å². The summed E-state index contributed by atoms with van der Waals surface area (Å²) in [6.07, 6.45) is 0.337. The predicted octanol–water partition coefficient (Wildman–Crippen LogP) is 1.08. The first-order valence-electron chi connectivity index (χ1n) is 5.71. The van der Waals surface area contributed by atoms with Crippen LogP contribution in [0.15, 0.2) is 24.3 Å². The Labute approximate surface area is 106 Å². The topological polar surface area (TPSA) is 49.4 Å². The number of carbonyl (C=O) groups excluding carboxylic acids is 2. The molecule has 0 unspecified atom stereocenters. The second kappa shape index (κ2) is 6.86. The largest absolute Gasteiger partial charge is 0.359 e. The van der Waals surface area contributed by atoms with Crippen LogP contribution in [-0.4, -0.2) is 43.8 Å². The van der Waals surface area contributed by atoms with Gasteiger partial charge in [0.2, 0.25) is 5.91 Å². The zero-order valence-corrected chi connectivity index (χ0v) is 10.6. The Bertz CT molecular complexity index is 435. The van der Waals surface area contributed by atoms with Crippen LogP contribution in [0.5, 0.6) is 0 Å². The monoisotopic (exact) mass is 252 g/mol. The highest BCUT2D eigenvalue weighted by atomic mass is 19.1. The van der Waals surface area contributed by atoms with Crippen LogP contribution in [0.1, 0.15) is 16.8 Å². The maximum atomic E-state index is 12.9. The van der Waals surface area contributed by atoms with Crippen molar-refractivity contribution in [2.75, 3.05) is 27.2 Å². The molecule has 1 N–H and O–H groups in total. The van der Waals surface area contributed by atoms with Crippen LogP contribution in [0.4, 0.5) is 4.39 Å². The van der Waals surface area contributed by atoms with Crippen molar-refractivity contribution in [3.63, 3.8) is 0 Å². The third kappa shape index (κ3) is 4.63. The number of rotatable bonds is 6. The first-order chi connectivity index (χ1) is 8.52. The Balaban J connectivity index is 2.47. The van der Waals surface area contributed by atoms with Crippen LogP contribution in [0, 0.1) is 5.82 Å². The van der Waals surface area contributed by atoms with E-state index in [0.717, 1.165) is 0 Å². The van der Waals surface area contributed by atoms with Crippen LogP contribution < -0.4 is 5.32 Å². The van der Waals surface area contributed by atoms with Crippen molar-refractivity contribution in [1.29, 1.82) is 0 Å². The fourth-order valence-electron chi connectivity index (χ4n) is 1.49. The number of halogens is 1. The third-order valence-electron chi connectivity index (χ3n) is 2.56. The van der Waals surface area contributed by atoms with Gasteiger partial charge >= 0.3 is 0 Å². The van der Waals surface area contributed by atoms with E-state index in [4.69, 9.17) is 0 Å². The molecule has 1 aromatic rings. The lowest BCUT2D eigenvalue weighted by molar-refractivity contribution is -0.120. The molecule has 18 heavy (non-hydrogen) atoms. The van der Waals surface area contributed by atoms with Gasteiger partial charge in [0.25, 0.3) is 0 Å². The molecular formula is C13H17FN2O2. The number of nitrogens with zero attached hydrogens (tertiary/aromatic N) is 1. The third-order valence-corrected chi connectivity index (χ3v) is 2.56. The highest BCUT2D eigenvalue weighted by molar-refractivity contribution is 5.97. The second-order valence-electron chi connectivity index (χ2n) is 4.09. The van der Waals surface area contributed by atoms with Gasteiger partial charge in [-0.05, 0) is 19.2 Å². The summed E-state index contributed by atoms with van der Waals surface area (Å²) in [5, 5.41) is 2.51. The van der Waals surface area contributed by atoms with Crippen LogP contribution in [0.25, 0.3) is 0 Å². The number of Topliss-reactive ketones (excluding diaryl/α,β-unsaturated/α-hetero) is 1. The molecule has 5 heteroatoms. The molecule has 1 amide bonds. The van der Waals surface area contributed by atoms with E-state index in [0.29, 0.717) is 18.5 Å². The molecule has 0 aromatic heterocycles. The first-order valence-corrected chi connectivity index (χ1v) is 5.71. The van der Waals surface area contributed by atoms with E-state index in [1.54, 1.807) is 25.1 Å². The number of benzene rings is 1. The van der Waals surface area contributed by atoms with Crippen LogP contribution in [0.2, 0.25) is 0 Å². The smallest absolute Gasteiger partial charge is 0.221 e. The SMILES string of the molecule is CNC(=O)CCN(C)CC(=O)c1cccc(F)c1. The summed E-state index contributed by atoms with van der Waals surface area (Å²) in [6, 6.07) is 5.60. The number of nitrogens with one attached hydrogen (secondary N) is 1. The Morgan fingerprint density at radius 1 is 1.39 bits per heavy atom. The van der Waals surface area contributed by atoms with E-state index in [9.17, 15) is 14.0 Å². The Kier molecular flexibility index (Phi) is 5.45. The quantitative estimate of drug-likeness (QED) is 0.771. The Morgan fingerprint density at radius 2 is 2.11 bits per heavy atom. The van der Waals surface area contributed by atoms with Crippen molar-refractivity contribution in [2.45, 2.75) is 6.42 Å². The van der Waals surface area contributed by atoms with Crippen LogP contribution >= 0.6 is 0 Å². The molecule has 0 radical (unpaired) electrons. The molecule has 0 atom stereocenters. The lowest BCUT2D eigenvalue weighted by Gasteiger charge is -2.15. The number of ketones is 1. The van der Waals surface area contributed by atoms with Gasteiger partial charge in [-0.25, -0.2) is 4.39 Å². The predicted molar refractivity (Wildman–Crippen MR) is 66.9 cm³/mol. The van der Waals surface area contributed by atoms with Crippen molar-refractivity contribution < 1.29 is 14.0 Å². The minimum Gasteiger partial charge on any atom is -0.359 e. The normalized spacial score (nSPS) is 10.4. The maximum absolute atomic E-state index is 12.9. The lowest BCUT2D eigenvalue weighted by Crippen LogP contribution is -2.30. The van der Waals surface area contributed by atoms with Crippen molar-refractivity contribution in [3.8, 4) is 0 Å². The molecule has 1 aromatic carbocycles. The summed E-state index contributed by atoms with van der Waals surface area (Å²) in [5.74, 6) is -0.650. The highest BCUT2D eigenvalue weighted by Gasteiger charge is 2.10. The zero-order chi connectivity index (χ0) is 13.5. The molecule has 98 valence electrons. The number of carbonyl (C=O) groups is 2. The molecule has 4 nitrogen and oxygen atoms in total. The van der Waals surface area contributed by atoms with E-state index < -0.39 is 5.82 Å². The number of hydrogen-bond acceptors (Lipinski definition) is 3. The van der Waals surface area contributed by atoms with Gasteiger partial charge in [0, 0.05) is 25.6 Å². The molecule has 0 spiro atoms. The summed E-state index contributed by atoms with van der Waals surface area (Å²) >= 11 is 0. The summed E-state index contributed by atoms with van der Waals surface area (Å²) in [5.41, 5.74) is 0.349. The Hall–Kier alpha value is -1.75. The van der Waals surface area contributed by atoms with E-state index in [1.807, 2.05) is 0 Å². The van der Waals surface area contributed by atoms with E-state index in [2.05, 4.69) is 5.32 Å². The maximum Gasteiger partial charge on any atom is 0.221 e. The molecule has 0 heterocycles. The van der Waals surface area contributed by atoms with Gasteiger partial charge in [0.15, 0.2) is 5.78 Å².